The maximum Gasteiger partial charge on any atom is 0.259 e. The first kappa shape index (κ1) is 19.2. The third-order valence-electron chi connectivity index (χ3n) is 5.23. The number of piperazine rings is 1. The maximum atomic E-state index is 13.0. The number of nitrogens with zero attached hydrogens (tertiary/aromatic N) is 3. The molecule has 29 heavy (non-hydrogen) atoms. The van der Waals surface area contributed by atoms with Gasteiger partial charge in [0.25, 0.3) is 5.91 Å². The first-order chi connectivity index (χ1) is 14.3. The zero-order chi connectivity index (χ0) is 19.9. The summed E-state index contributed by atoms with van der Waals surface area (Å²) in [5.74, 6) is -0.00984. The Bertz CT molecular complexity index is 943. The van der Waals surface area contributed by atoms with Gasteiger partial charge in [-0.15, -0.1) is 0 Å². The molecule has 1 aliphatic rings. The van der Waals surface area contributed by atoms with E-state index in [2.05, 4.69) is 46.5 Å². The number of amides is 1. The van der Waals surface area contributed by atoms with E-state index >= 15 is 0 Å². The predicted molar refractivity (Wildman–Crippen MR) is 114 cm³/mol. The Hall–Kier alpha value is -3.18. The van der Waals surface area contributed by atoms with Crippen molar-refractivity contribution in [3.05, 3.63) is 90.2 Å². The summed E-state index contributed by atoms with van der Waals surface area (Å²) in [6, 6.07) is 20.1. The molecule has 2 heterocycles. The molecular formula is C24H25N3O2. The fourth-order valence-corrected chi connectivity index (χ4v) is 3.55. The summed E-state index contributed by atoms with van der Waals surface area (Å²) < 4.78 is 5.12. The average molecular weight is 387 g/mol. The molecule has 0 spiro atoms. The quantitative estimate of drug-likeness (QED) is 0.602. The van der Waals surface area contributed by atoms with E-state index in [4.69, 9.17) is 4.52 Å². The number of benzene rings is 2. The highest BCUT2D eigenvalue weighted by Crippen LogP contribution is 2.23. The van der Waals surface area contributed by atoms with Gasteiger partial charge in [-0.1, -0.05) is 78.0 Å². The topological polar surface area (TPSA) is 49.6 Å². The number of aromatic nitrogens is 1. The van der Waals surface area contributed by atoms with Crippen molar-refractivity contribution in [1.29, 1.82) is 0 Å². The standard InChI is InChI=1S/C24H25N3O2/c28-24(22-19-29-25-23(22)21-12-5-2-6-13-21)27-17-15-26(16-18-27)14-8-7-11-20-9-3-1-4-10-20/h1-10,12-13,19H,11,14-18H2/b8-7+. The molecule has 1 aliphatic heterocycles. The lowest BCUT2D eigenvalue weighted by Gasteiger charge is -2.34. The molecule has 4 rings (SSSR count). The van der Waals surface area contributed by atoms with Gasteiger partial charge in [-0.25, -0.2) is 0 Å². The zero-order valence-corrected chi connectivity index (χ0v) is 16.4. The first-order valence-corrected chi connectivity index (χ1v) is 10.0. The van der Waals surface area contributed by atoms with Gasteiger partial charge < -0.3 is 9.42 Å². The van der Waals surface area contributed by atoms with Crippen LogP contribution >= 0.6 is 0 Å². The van der Waals surface area contributed by atoms with Crippen molar-refractivity contribution < 1.29 is 9.32 Å². The van der Waals surface area contributed by atoms with Gasteiger partial charge in [-0.05, 0) is 12.0 Å². The van der Waals surface area contributed by atoms with Crippen molar-refractivity contribution in [1.82, 2.24) is 15.0 Å². The predicted octanol–water partition coefficient (Wildman–Crippen LogP) is 3.90. The van der Waals surface area contributed by atoms with Gasteiger partial charge in [-0.3, -0.25) is 9.69 Å². The van der Waals surface area contributed by atoms with Crippen LogP contribution in [0.25, 0.3) is 11.3 Å². The van der Waals surface area contributed by atoms with Crippen LogP contribution in [-0.2, 0) is 6.42 Å². The number of rotatable bonds is 6. The van der Waals surface area contributed by atoms with Gasteiger partial charge in [0.1, 0.15) is 17.5 Å². The number of allylic oxidation sites excluding steroid dienone is 1. The highest BCUT2D eigenvalue weighted by molar-refractivity contribution is 5.99. The molecule has 0 saturated carbocycles. The van der Waals surface area contributed by atoms with Gasteiger partial charge in [0.2, 0.25) is 0 Å². The summed E-state index contributed by atoms with van der Waals surface area (Å²) in [6.07, 6.45) is 6.85. The molecule has 5 heteroatoms. The van der Waals surface area contributed by atoms with Crippen molar-refractivity contribution in [2.24, 2.45) is 0 Å². The average Bonchev–Trinajstić information content (AvgIpc) is 3.28. The lowest BCUT2D eigenvalue weighted by Crippen LogP contribution is -2.48. The molecule has 0 unspecified atom stereocenters. The summed E-state index contributed by atoms with van der Waals surface area (Å²) in [5, 5.41) is 4.05. The molecule has 1 amide bonds. The molecule has 2 aromatic carbocycles. The Labute approximate surface area is 171 Å². The molecule has 0 bridgehead atoms. The summed E-state index contributed by atoms with van der Waals surface area (Å²) >= 11 is 0. The van der Waals surface area contributed by atoms with E-state index in [1.807, 2.05) is 41.3 Å². The monoisotopic (exact) mass is 387 g/mol. The van der Waals surface area contributed by atoms with Crippen molar-refractivity contribution in [3.8, 4) is 11.3 Å². The second-order valence-corrected chi connectivity index (χ2v) is 7.20. The van der Waals surface area contributed by atoms with Crippen molar-refractivity contribution in [2.45, 2.75) is 6.42 Å². The molecule has 0 N–H and O–H groups in total. The van der Waals surface area contributed by atoms with Crippen LogP contribution < -0.4 is 0 Å². The lowest BCUT2D eigenvalue weighted by molar-refractivity contribution is 0.0650. The molecular weight excluding hydrogens is 362 g/mol. The minimum atomic E-state index is -0.00984. The van der Waals surface area contributed by atoms with Crippen molar-refractivity contribution >= 4 is 5.91 Å². The van der Waals surface area contributed by atoms with Gasteiger partial charge in [0.05, 0.1) is 0 Å². The lowest BCUT2D eigenvalue weighted by atomic mass is 10.1. The zero-order valence-electron chi connectivity index (χ0n) is 16.4. The third kappa shape index (κ3) is 4.81. The van der Waals surface area contributed by atoms with Gasteiger partial charge in [0, 0.05) is 38.3 Å². The largest absolute Gasteiger partial charge is 0.363 e. The number of hydrogen-bond donors (Lipinski definition) is 0. The Morgan fingerprint density at radius 1 is 0.931 bits per heavy atom. The van der Waals surface area contributed by atoms with E-state index in [1.165, 1.54) is 11.8 Å². The molecule has 0 radical (unpaired) electrons. The molecule has 5 nitrogen and oxygen atoms in total. The highest BCUT2D eigenvalue weighted by Gasteiger charge is 2.25. The van der Waals surface area contributed by atoms with E-state index in [9.17, 15) is 4.79 Å². The Morgan fingerprint density at radius 3 is 2.34 bits per heavy atom. The summed E-state index contributed by atoms with van der Waals surface area (Å²) in [6.45, 7) is 4.08. The van der Waals surface area contributed by atoms with Crippen LogP contribution in [0.4, 0.5) is 0 Å². The summed E-state index contributed by atoms with van der Waals surface area (Å²) in [4.78, 5) is 17.2. The number of hydrogen-bond acceptors (Lipinski definition) is 4. The van der Waals surface area contributed by atoms with Crippen molar-refractivity contribution in [2.75, 3.05) is 32.7 Å². The van der Waals surface area contributed by atoms with E-state index < -0.39 is 0 Å². The molecule has 0 atom stereocenters. The minimum Gasteiger partial charge on any atom is -0.363 e. The Balaban J connectivity index is 1.29. The Morgan fingerprint density at radius 2 is 1.62 bits per heavy atom. The maximum absolute atomic E-state index is 13.0. The Kier molecular flexibility index (Phi) is 6.17. The SMILES string of the molecule is O=C(c1conc1-c1ccccc1)N1CCN(C/C=C/Cc2ccccc2)CC1. The third-order valence-corrected chi connectivity index (χ3v) is 5.23. The molecule has 0 aliphatic carbocycles. The smallest absolute Gasteiger partial charge is 0.259 e. The van der Waals surface area contributed by atoms with E-state index in [0.717, 1.165) is 31.6 Å². The van der Waals surface area contributed by atoms with Crippen LogP contribution in [0.3, 0.4) is 0 Å². The molecule has 1 aromatic heterocycles. The van der Waals surface area contributed by atoms with Crippen LogP contribution in [0.2, 0.25) is 0 Å². The second-order valence-electron chi connectivity index (χ2n) is 7.20. The van der Waals surface area contributed by atoms with E-state index in [1.54, 1.807) is 0 Å². The summed E-state index contributed by atoms with van der Waals surface area (Å²) in [5.41, 5.74) is 3.36. The van der Waals surface area contributed by atoms with E-state index in [0.29, 0.717) is 24.3 Å². The molecule has 1 saturated heterocycles. The summed E-state index contributed by atoms with van der Waals surface area (Å²) in [7, 11) is 0. The minimum absolute atomic E-state index is 0.00984. The fraction of sp³-hybridized carbons (Fsp3) is 0.250. The van der Waals surface area contributed by atoms with Crippen LogP contribution in [0.1, 0.15) is 15.9 Å². The molecule has 3 aromatic rings. The number of carbonyl (C=O) groups is 1. The van der Waals surface area contributed by atoms with Gasteiger partial charge in [0.15, 0.2) is 0 Å². The molecule has 1 fully saturated rings. The fourth-order valence-electron chi connectivity index (χ4n) is 3.55. The van der Waals surface area contributed by atoms with Crippen molar-refractivity contribution in [3.63, 3.8) is 0 Å². The molecule has 148 valence electrons. The van der Waals surface area contributed by atoms with Gasteiger partial charge in [-0.2, -0.15) is 0 Å². The van der Waals surface area contributed by atoms with Gasteiger partial charge >= 0.3 is 0 Å². The van der Waals surface area contributed by atoms with Crippen LogP contribution in [0, 0.1) is 0 Å². The second kappa shape index (κ2) is 9.34. The normalized spacial score (nSPS) is 15.1. The first-order valence-electron chi connectivity index (χ1n) is 10.0. The van der Waals surface area contributed by atoms with E-state index in [-0.39, 0.29) is 5.91 Å². The highest BCUT2D eigenvalue weighted by atomic mass is 16.5. The van der Waals surface area contributed by atoms with Crippen LogP contribution in [-0.4, -0.2) is 53.6 Å². The van der Waals surface area contributed by atoms with Crippen LogP contribution in [0.15, 0.2) is 83.6 Å². The number of carbonyl (C=O) groups excluding carboxylic acids is 1. The van der Waals surface area contributed by atoms with Crippen LogP contribution in [0.5, 0.6) is 0 Å².